The second-order valence-corrected chi connectivity index (χ2v) is 8.11. The molecular weight excluding hydrogens is 356 g/mol. The van der Waals surface area contributed by atoms with Gasteiger partial charge in [0.1, 0.15) is 11.4 Å². The number of aryl methyl sites for hydroxylation is 1. The van der Waals surface area contributed by atoms with Gasteiger partial charge in [-0.3, -0.25) is 18.7 Å². The number of rotatable bonds is 5. The molecule has 1 aliphatic heterocycles. The number of thiophene rings is 1. The second-order valence-electron chi connectivity index (χ2n) is 7.03. The summed E-state index contributed by atoms with van der Waals surface area (Å²) in [5.41, 5.74) is 3.40. The fraction of sp³-hybridized carbons (Fsp3) is 0.588. The highest BCUT2D eigenvalue weighted by Crippen LogP contribution is 2.37. The van der Waals surface area contributed by atoms with Crippen molar-refractivity contribution >= 4 is 27.5 Å². The molecule has 1 aliphatic rings. The van der Waals surface area contributed by atoms with Crippen molar-refractivity contribution < 1.29 is 15.3 Å². The van der Waals surface area contributed by atoms with E-state index in [0.29, 0.717) is 42.9 Å². The number of nitrogens with zero attached hydrogens (tertiary/aromatic N) is 2. The summed E-state index contributed by atoms with van der Waals surface area (Å²) >= 11 is 1.44. The maximum atomic E-state index is 13.1. The van der Waals surface area contributed by atoms with Crippen LogP contribution in [0.2, 0.25) is 0 Å². The molecule has 0 bridgehead atoms. The fourth-order valence-corrected chi connectivity index (χ4v) is 4.53. The van der Waals surface area contributed by atoms with Crippen LogP contribution in [0, 0.1) is 0 Å². The van der Waals surface area contributed by atoms with Gasteiger partial charge in [-0.05, 0) is 26.3 Å². The molecule has 0 aromatic carbocycles. The first kappa shape index (κ1) is 18.8. The normalized spacial score (nSPS) is 15.8. The average molecular weight is 381 g/mol. The number of carbonyl (C=O) groups excluding carboxylic acids is 1. The van der Waals surface area contributed by atoms with Crippen molar-refractivity contribution in [3.63, 3.8) is 0 Å². The number of fused-ring (bicyclic) bond motifs is 3. The van der Waals surface area contributed by atoms with Crippen molar-refractivity contribution in [1.29, 1.82) is 0 Å². The molecule has 0 fully saturated rings. The van der Waals surface area contributed by atoms with E-state index in [0.717, 1.165) is 15.0 Å². The van der Waals surface area contributed by atoms with Gasteiger partial charge >= 0.3 is 5.69 Å². The number of ether oxygens (including phenoxy) is 1. The van der Waals surface area contributed by atoms with E-state index in [9.17, 15) is 14.4 Å². The number of nitrogens with one attached hydrogen (secondary N) is 1. The van der Waals surface area contributed by atoms with E-state index in [2.05, 4.69) is 11.1 Å². The van der Waals surface area contributed by atoms with Crippen molar-refractivity contribution in [2.24, 2.45) is 0 Å². The van der Waals surface area contributed by atoms with Crippen LogP contribution < -0.4 is 22.3 Å². The molecule has 26 heavy (non-hydrogen) atoms. The summed E-state index contributed by atoms with van der Waals surface area (Å²) in [5.74, 6) is -0.359. The SMILES string of the molecule is CCn1c(=O)n(CC(=O)NCC[NH3+])c(=O)c2c3c(sc21)COC(C)(C)C3. The molecule has 2 aromatic rings. The minimum atomic E-state index is -0.450. The Hall–Kier alpha value is -1.97. The molecule has 3 rings (SSSR count). The molecule has 0 atom stereocenters. The summed E-state index contributed by atoms with van der Waals surface area (Å²) in [6.07, 6.45) is 0.604. The van der Waals surface area contributed by atoms with Crippen LogP contribution in [0.25, 0.3) is 10.2 Å². The number of aromatic nitrogens is 2. The van der Waals surface area contributed by atoms with E-state index < -0.39 is 11.2 Å². The van der Waals surface area contributed by atoms with Crippen LogP contribution in [0.1, 0.15) is 31.2 Å². The third kappa shape index (κ3) is 3.22. The van der Waals surface area contributed by atoms with Gasteiger partial charge in [0.15, 0.2) is 0 Å². The minimum Gasteiger partial charge on any atom is -0.370 e. The van der Waals surface area contributed by atoms with Crippen molar-refractivity contribution in [1.82, 2.24) is 14.5 Å². The van der Waals surface area contributed by atoms with Crippen LogP contribution in [0.5, 0.6) is 0 Å². The van der Waals surface area contributed by atoms with Gasteiger partial charge in [0.05, 0.1) is 30.7 Å². The Labute approximate surface area is 154 Å². The van der Waals surface area contributed by atoms with Gasteiger partial charge in [0.2, 0.25) is 5.91 Å². The van der Waals surface area contributed by atoms with Crippen LogP contribution in [0.15, 0.2) is 9.59 Å². The number of carbonyl (C=O) groups is 1. The van der Waals surface area contributed by atoms with E-state index in [1.54, 1.807) is 4.57 Å². The standard InChI is InChI=1S/C17H24N4O4S/c1-4-20-15-13(10-7-17(2,3)25-9-11(10)26-15)14(23)21(16(20)24)8-12(22)19-6-5-18/h4-9,18H2,1-3H3,(H,19,22)/p+1. The second kappa shape index (κ2) is 6.98. The highest BCUT2D eigenvalue weighted by Gasteiger charge is 2.31. The van der Waals surface area contributed by atoms with Gasteiger partial charge in [-0.2, -0.15) is 0 Å². The predicted octanol–water partition coefficient (Wildman–Crippen LogP) is -0.546. The topological polar surface area (TPSA) is 110 Å². The number of hydrogen-bond donors (Lipinski definition) is 2. The molecule has 8 nitrogen and oxygen atoms in total. The molecule has 1 amide bonds. The van der Waals surface area contributed by atoms with Crippen LogP contribution in [0.3, 0.4) is 0 Å². The van der Waals surface area contributed by atoms with Crippen LogP contribution in [-0.4, -0.2) is 33.7 Å². The van der Waals surface area contributed by atoms with Gasteiger partial charge in [-0.15, -0.1) is 11.3 Å². The van der Waals surface area contributed by atoms with Crippen LogP contribution in [0.4, 0.5) is 0 Å². The summed E-state index contributed by atoms with van der Waals surface area (Å²) < 4.78 is 8.46. The van der Waals surface area contributed by atoms with Crippen LogP contribution in [-0.2, 0) is 35.6 Å². The Morgan fingerprint density at radius 3 is 2.73 bits per heavy atom. The number of hydrogen-bond acceptors (Lipinski definition) is 5. The average Bonchev–Trinajstić information content (AvgIpc) is 2.94. The lowest BCUT2D eigenvalue weighted by Gasteiger charge is -2.29. The largest absolute Gasteiger partial charge is 0.370 e. The van der Waals surface area contributed by atoms with Crippen molar-refractivity contribution in [2.45, 2.75) is 52.5 Å². The summed E-state index contributed by atoms with van der Waals surface area (Å²) in [4.78, 5) is 39.6. The Kier molecular flexibility index (Phi) is 5.05. The van der Waals surface area contributed by atoms with Gasteiger partial charge in [0, 0.05) is 17.8 Å². The number of quaternary nitrogens is 1. The van der Waals surface area contributed by atoms with Gasteiger partial charge in [-0.1, -0.05) is 0 Å². The maximum Gasteiger partial charge on any atom is 0.332 e. The van der Waals surface area contributed by atoms with E-state index in [1.165, 1.54) is 11.3 Å². The molecule has 0 unspecified atom stereocenters. The molecule has 4 N–H and O–H groups in total. The summed E-state index contributed by atoms with van der Waals surface area (Å²) in [6.45, 7) is 7.38. The summed E-state index contributed by atoms with van der Waals surface area (Å²) in [5, 5.41) is 3.21. The van der Waals surface area contributed by atoms with Gasteiger partial charge in [0.25, 0.3) is 5.56 Å². The van der Waals surface area contributed by atoms with E-state index >= 15 is 0 Å². The molecule has 0 radical (unpaired) electrons. The molecule has 0 aliphatic carbocycles. The fourth-order valence-electron chi connectivity index (χ4n) is 3.25. The smallest absolute Gasteiger partial charge is 0.332 e. The third-order valence-corrected chi connectivity index (χ3v) is 5.78. The lowest BCUT2D eigenvalue weighted by molar-refractivity contribution is -0.364. The lowest BCUT2D eigenvalue weighted by atomic mass is 9.94. The van der Waals surface area contributed by atoms with E-state index in [-0.39, 0.29) is 18.1 Å². The quantitative estimate of drug-likeness (QED) is 0.724. The molecule has 142 valence electrons. The van der Waals surface area contributed by atoms with E-state index in [4.69, 9.17) is 4.74 Å². The Morgan fingerprint density at radius 2 is 2.08 bits per heavy atom. The van der Waals surface area contributed by atoms with E-state index in [1.807, 2.05) is 20.8 Å². The Bertz CT molecular complexity index is 970. The Morgan fingerprint density at radius 1 is 1.35 bits per heavy atom. The molecular formula is C17H25N4O4S+. The monoisotopic (exact) mass is 381 g/mol. The maximum absolute atomic E-state index is 13.1. The van der Waals surface area contributed by atoms with Crippen molar-refractivity contribution in [3.8, 4) is 0 Å². The predicted molar refractivity (Wildman–Crippen MR) is 99.4 cm³/mol. The highest BCUT2D eigenvalue weighted by molar-refractivity contribution is 7.18. The zero-order chi connectivity index (χ0) is 19.1. The molecule has 3 heterocycles. The first-order chi connectivity index (χ1) is 12.3. The molecule has 0 saturated carbocycles. The van der Waals surface area contributed by atoms with Crippen molar-refractivity contribution in [2.75, 3.05) is 13.1 Å². The molecule has 0 spiro atoms. The first-order valence-electron chi connectivity index (χ1n) is 8.77. The Balaban J connectivity index is 2.19. The zero-order valence-electron chi connectivity index (χ0n) is 15.4. The van der Waals surface area contributed by atoms with Crippen LogP contribution >= 0.6 is 11.3 Å². The summed E-state index contributed by atoms with van der Waals surface area (Å²) in [7, 11) is 0. The highest BCUT2D eigenvalue weighted by atomic mass is 32.1. The molecule has 0 saturated heterocycles. The molecule has 2 aromatic heterocycles. The minimum absolute atomic E-state index is 0.280. The third-order valence-electron chi connectivity index (χ3n) is 4.55. The number of amides is 1. The summed E-state index contributed by atoms with van der Waals surface area (Å²) in [6, 6.07) is 0. The zero-order valence-corrected chi connectivity index (χ0v) is 16.2. The van der Waals surface area contributed by atoms with Crippen molar-refractivity contribution in [3.05, 3.63) is 31.3 Å². The van der Waals surface area contributed by atoms with Gasteiger partial charge < -0.3 is 15.8 Å². The molecule has 9 heteroatoms. The first-order valence-corrected chi connectivity index (χ1v) is 9.58. The van der Waals surface area contributed by atoms with Gasteiger partial charge in [-0.25, -0.2) is 4.79 Å². The lowest BCUT2D eigenvalue weighted by Crippen LogP contribution is -2.55.